The summed E-state index contributed by atoms with van der Waals surface area (Å²) < 4.78 is 0. The van der Waals surface area contributed by atoms with Crippen molar-refractivity contribution in [2.75, 3.05) is 31.1 Å². The Morgan fingerprint density at radius 3 is 2.69 bits per heavy atom. The van der Waals surface area contributed by atoms with Crippen LogP contribution in [0.4, 0.5) is 5.95 Å². The van der Waals surface area contributed by atoms with Crippen molar-refractivity contribution in [3.05, 3.63) is 54.5 Å². The maximum absolute atomic E-state index is 12.1. The van der Waals surface area contributed by atoms with Crippen LogP contribution in [0.25, 0.3) is 10.9 Å². The number of benzene rings is 1. The smallest absolute Gasteiger partial charge is 0.325 e. The third-order valence-electron chi connectivity index (χ3n) is 4.88. The largest absolute Gasteiger partial charge is 0.480 e. The fraction of sp³-hybridized carbons (Fsp3) is 0.316. The highest BCUT2D eigenvalue weighted by Gasteiger charge is 2.31. The van der Waals surface area contributed by atoms with E-state index in [-0.39, 0.29) is 0 Å². The van der Waals surface area contributed by atoms with Crippen LogP contribution in [-0.2, 0) is 4.79 Å². The molecule has 3 heterocycles. The molecule has 1 aliphatic heterocycles. The quantitative estimate of drug-likeness (QED) is 0.750. The number of aromatic nitrogens is 3. The lowest BCUT2D eigenvalue weighted by molar-refractivity contribution is -0.143. The van der Waals surface area contributed by atoms with Crippen LogP contribution in [-0.4, -0.2) is 57.1 Å². The minimum Gasteiger partial charge on any atom is -0.480 e. The topological polar surface area (TPSA) is 85.4 Å². The number of fused-ring (bicyclic) bond motifs is 1. The van der Waals surface area contributed by atoms with Gasteiger partial charge in [-0.1, -0.05) is 18.2 Å². The number of H-pyrrole nitrogens is 1. The Morgan fingerprint density at radius 1 is 1.08 bits per heavy atom. The number of anilines is 1. The van der Waals surface area contributed by atoms with Gasteiger partial charge < -0.3 is 15.0 Å². The number of hydrogen-bond donors (Lipinski definition) is 2. The summed E-state index contributed by atoms with van der Waals surface area (Å²) in [6, 6.07) is 8.96. The molecule has 1 aliphatic rings. The van der Waals surface area contributed by atoms with Crippen LogP contribution in [0.2, 0.25) is 0 Å². The zero-order valence-electron chi connectivity index (χ0n) is 14.4. The number of hydrogen-bond acceptors (Lipinski definition) is 5. The predicted octanol–water partition coefficient (Wildman–Crippen LogP) is 2.30. The lowest BCUT2D eigenvalue weighted by atomic mass is 10.0. The first-order chi connectivity index (χ1) is 12.7. The van der Waals surface area contributed by atoms with Crippen molar-refractivity contribution < 1.29 is 9.90 Å². The van der Waals surface area contributed by atoms with E-state index in [9.17, 15) is 9.90 Å². The van der Waals surface area contributed by atoms with Crippen LogP contribution in [0.3, 0.4) is 0 Å². The molecule has 1 saturated heterocycles. The summed E-state index contributed by atoms with van der Waals surface area (Å²) in [6.07, 6.45) is 6.16. The number of carbonyl (C=O) groups is 1. The molecule has 0 radical (unpaired) electrons. The molecule has 7 nitrogen and oxygen atoms in total. The predicted molar refractivity (Wildman–Crippen MR) is 99.1 cm³/mol. The zero-order valence-corrected chi connectivity index (χ0v) is 14.4. The van der Waals surface area contributed by atoms with E-state index in [1.54, 1.807) is 18.5 Å². The van der Waals surface area contributed by atoms with Gasteiger partial charge in [-0.25, -0.2) is 9.97 Å². The maximum Gasteiger partial charge on any atom is 0.325 e. The van der Waals surface area contributed by atoms with E-state index in [2.05, 4.69) is 19.9 Å². The van der Waals surface area contributed by atoms with Crippen LogP contribution in [0, 0.1) is 0 Å². The number of nitrogens with one attached hydrogen (secondary N) is 1. The summed E-state index contributed by atoms with van der Waals surface area (Å²) in [7, 11) is 0. The molecule has 0 saturated carbocycles. The van der Waals surface area contributed by atoms with Crippen LogP contribution in [0.1, 0.15) is 18.0 Å². The van der Waals surface area contributed by atoms with Gasteiger partial charge in [0.2, 0.25) is 5.95 Å². The molecule has 0 unspecified atom stereocenters. The van der Waals surface area contributed by atoms with Crippen molar-refractivity contribution in [1.82, 2.24) is 19.9 Å². The molecule has 0 bridgehead atoms. The molecule has 134 valence electrons. The van der Waals surface area contributed by atoms with Crippen LogP contribution in [0.15, 0.2) is 48.9 Å². The summed E-state index contributed by atoms with van der Waals surface area (Å²) in [5.41, 5.74) is 1.78. The normalized spacial score (nSPS) is 17.2. The lowest BCUT2D eigenvalue weighted by Crippen LogP contribution is -2.37. The summed E-state index contributed by atoms with van der Waals surface area (Å²) in [6.45, 7) is 2.89. The van der Waals surface area contributed by atoms with Crippen LogP contribution >= 0.6 is 0 Å². The van der Waals surface area contributed by atoms with Crippen molar-refractivity contribution in [3.8, 4) is 0 Å². The summed E-state index contributed by atoms with van der Waals surface area (Å²) >= 11 is 0. The standard InChI is InChI=1S/C19H21N5O2/c25-18(26)17(15-13-22-16-6-2-1-5-14(15)16)23-9-4-10-24(12-11-23)19-20-7-3-8-21-19/h1-3,5-8,13,17,22H,4,9-12H2,(H,25,26)/t17-/m1/s1. The highest BCUT2D eigenvalue weighted by Crippen LogP contribution is 2.29. The maximum atomic E-state index is 12.1. The van der Waals surface area contributed by atoms with E-state index in [1.807, 2.05) is 35.4 Å². The van der Waals surface area contributed by atoms with E-state index >= 15 is 0 Å². The molecule has 1 aromatic carbocycles. The van der Waals surface area contributed by atoms with Crippen molar-refractivity contribution >= 4 is 22.8 Å². The SMILES string of the molecule is O=C(O)[C@@H](c1c[nH]c2ccccc12)N1CCCN(c2ncccn2)CC1. The molecule has 26 heavy (non-hydrogen) atoms. The summed E-state index contributed by atoms with van der Waals surface area (Å²) in [5.74, 6) is -0.118. The first kappa shape index (κ1) is 16.5. The number of carboxylic acid groups (broad SMARTS) is 1. The Kier molecular flexibility index (Phi) is 4.53. The molecular formula is C19H21N5O2. The Morgan fingerprint density at radius 2 is 1.88 bits per heavy atom. The average molecular weight is 351 g/mol. The van der Waals surface area contributed by atoms with E-state index in [0.717, 1.165) is 36.0 Å². The Labute approximate surface area is 151 Å². The Balaban J connectivity index is 1.59. The molecule has 7 heteroatoms. The highest BCUT2D eigenvalue weighted by atomic mass is 16.4. The molecule has 0 amide bonds. The van der Waals surface area contributed by atoms with Gasteiger partial charge in [-0.3, -0.25) is 9.69 Å². The fourth-order valence-corrected chi connectivity index (χ4v) is 3.66. The number of aliphatic carboxylic acids is 1. The summed E-state index contributed by atoms with van der Waals surface area (Å²) in [5, 5.41) is 10.9. The van der Waals surface area contributed by atoms with Gasteiger partial charge in [-0.15, -0.1) is 0 Å². The number of rotatable bonds is 4. The first-order valence-corrected chi connectivity index (χ1v) is 8.79. The molecule has 0 aliphatic carbocycles. The molecule has 2 N–H and O–H groups in total. The average Bonchev–Trinajstić information content (AvgIpc) is 2.93. The third kappa shape index (κ3) is 3.13. The van der Waals surface area contributed by atoms with Gasteiger partial charge in [-0.05, 0) is 18.6 Å². The van der Waals surface area contributed by atoms with Crippen molar-refractivity contribution in [2.24, 2.45) is 0 Å². The molecule has 1 atom stereocenters. The van der Waals surface area contributed by atoms with E-state index < -0.39 is 12.0 Å². The lowest BCUT2D eigenvalue weighted by Gasteiger charge is -2.27. The number of carboxylic acids is 1. The summed E-state index contributed by atoms with van der Waals surface area (Å²) in [4.78, 5) is 28.1. The first-order valence-electron chi connectivity index (χ1n) is 8.79. The van der Waals surface area contributed by atoms with Gasteiger partial charge in [0.25, 0.3) is 0 Å². The van der Waals surface area contributed by atoms with Crippen LogP contribution < -0.4 is 4.90 Å². The van der Waals surface area contributed by atoms with Crippen molar-refractivity contribution in [3.63, 3.8) is 0 Å². The molecule has 3 aromatic rings. The number of nitrogens with zero attached hydrogens (tertiary/aromatic N) is 4. The monoisotopic (exact) mass is 351 g/mol. The molecular weight excluding hydrogens is 330 g/mol. The van der Waals surface area contributed by atoms with Gasteiger partial charge in [0.15, 0.2) is 0 Å². The molecule has 2 aromatic heterocycles. The number of aromatic amines is 1. The van der Waals surface area contributed by atoms with Gasteiger partial charge in [0.1, 0.15) is 6.04 Å². The second-order valence-corrected chi connectivity index (χ2v) is 6.46. The van der Waals surface area contributed by atoms with Gasteiger partial charge in [-0.2, -0.15) is 0 Å². The second-order valence-electron chi connectivity index (χ2n) is 6.46. The van der Waals surface area contributed by atoms with E-state index in [4.69, 9.17) is 0 Å². The van der Waals surface area contributed by atoms with Crippen molar-refractivity contribution in [1.29, 1.82) is 0 Å². The van der Waals surface area contributed by atoms with E-state index in [1.165, 1.54) is 0 Å². The van der Waals surface area contributed by atoms with Crippen LogP contribution in [0.5, 0.6) is 0 Å². The molecule has 1 fully saturated rings. The van der Waals surface area contributed by atoms with Gasteiger partial charge in [0.05, 0.1) is 0 Å². The Bertz CT molecular complexity index is 895. The van der Waals surface area contributed by atoms with Gasteiger partial charge >= 0.3 is 5.97 Å². The zero-order chi connectivity index (χ0) is 17.9. The van der Waals surface area contributed by atoms with E-state index in [0.29, 0.717) is 19.0 Å². The van der Waals surface area contributed by atoms with Gasteiger partial charge in [0, 0.05) is 61.2 Å². The molecule has 4 rings (SSSR count). The van der Waals surface area contributed by atoms with Crippen molar-refractivity contribution in [2.45, 2.75) is 12.5 Å². The third-order valence-corrected chi connectivity index (χ3v) is 4.88. The Hall–Kier alpha value is -2.93. The minimum atomic E-state index is -0.820. The minimum absolute atomic E-state index is 0.648. The highest BCUT2D eigenvalue weighted by molar-refractivity contribution is 5.89. The fourth-order valence-electron chi connectivity index (χ4n) is 3.66. The number of para-hydroxylation sites is 1. The second kappa shape index (κ2) is 7.13. The molecule has 0 spiro atoms.